The second kappa shape index (κ2) is 11.3. The molecule has 0 spiro atoms. The number of sulfone groups is 1. The molecule has 2 bridgehead atoms. The summed E-state index contributed by atoms with van der Waals surface area (Å²) in [4.78, 5) is 17.6. The number of carbonyl (C=O) groups is 1. The van der Waals surface area contributed by atoms with Crippen molar-refractivity contribution in [2.45, 2.75) is 62.1 Å². The number of nitrogens with one attached hydrogen (secondary N) is 1. The Morgan fingerprint density at radius 3 is 2.37 bits per heavy atom. The highest BCUT2D eigenvalue weighted by Gasteiger charge is 2.46. The molecule has 2 heterocycles. The number of ether oxygens (including phenoxy) is 3. The lowest BCUT2D eigenvalue weighted by atomic mass is 9.92. The first-order valence-corrected chi connectivity index (χ1v) is 13.3. The average Bonchev–Trinajstić information content (AvgIpc) is 2.80. The van der Waals surface area contributed by atoms with Crippen LogP contribution in [0, 0.1) is 5.82 Å². The molecule has 0 aromatic heterocycles. The van der Waals surface area contributed by atoms with E-state index in [0.29, 0.717) is 0 Å². The van der Waals surface area contributed by atoms with E-state index in [0.717, 1.165) is 19.2 Å². The molecule has 2 saturated heterocycles. The lowest BCUT2D eigenvalue weighted by Gasteiger charge is -2.47. The Kier molecular flexibility index (Phi) is 8.78. The van der Waals surface area contributed by atoms with Crippen LogP contribution < -0.4 is 17.0 Å². The van der Waals surface area contributed by atoms with Crippen LogP contribution in [0.3, 0.4) is 0 Å². The SMILES string of the molecule is CC(C(=Nc1ccc(S(C)(=O)=O)cc1F)NN)=C(N)OC1CC2COCC(C1)N2C(=O)OC(C)C(F)(F)F. The summed E-state index contributed by atoms with van der Waals surface area (Å²) in [5.74, 6) is 4.47. The minimum absolute atomic E-state index is 0.0563. The second-order valence-electron chi connectivity index (χ2n) is 9.01. The van der Waals surface area contributed by atoms with E-state index in [-0.39, 0.29) is 53.9 Å². The summed E-state index contributed by atoms with van der Waals surface area (Å²) in [5, 5.41) is 0. The van der Waals surface area contributed by atoms with Gasteiger partial charge in [-0.2, -0.15) is 13.2 Å². The van der Waals surface area contributed by atoms with Gasteiger partial charge in [-0.05, 0) is 32.0 Å². The van der Waals surface area contributed by atoms with Gasteiger partial charge in [-0.1, -0.05) is 0 Å². The molecule has 0 aliphatic carbocycles. The summed E-state index contributed by atoms with van der Waals surface area (Å²) in [7, 11) is -3.62. The Hall–Kier alpha value is -3.11. The third-order valence-corrected chi connectivity index (χ3v) is 7.27. The van der Waals surface area contributed by atoms with Crippen molar-refractivity contribution >= 4 is 27.5 Å². The van der Waals surface area contributed by atoms with Gasteiger partial charge < -0.3 is 25.4 Å². The molecule has 212 valence electrons. The molecule has 3 atom stereocenters. The zero-order chi connectivity index (χ0) is 28.4. The molecule has 0 radical (unpaired) electrons. The van der Waals surface area contributed by atoms with Crippen molar-refractivity contribution in [3.8, 4) is 0 Å². The predicted molar refractivity (Wildman–Crippen MR) is 127 cm³/mol. The topological polar surface area (TPSA) is 159 Å². The van der Waals surface area contributed by atoms with Gasteiger partial charge in [0.1, 0.15) is 23.4 Å². The van der Waals surface area contributed by atoms with E-state index in [2.05, 4.69) is 15.2 Å². The van der Waals surface area contributed by atoms with Crippen LogP contribution in [0.25, 0.3) is 0 Å². The number of hydrogen-bond acceptors (Lipinski definition) is 9. The van der Waals surface area contributed by atoms with Gasteiger partial charge in [0.25, 0.3) is 0 Å². The minimum atomic E-state index is -4.69. The Bertz CT molecular complexity index is 1210. The standard InChI is InChI=1S/C22H29F4N5O6S/c1-11(20(30-28)29-18-5-4-16(8-17(18)23)38(3,33)34)19(27)37-15-6-13-9-35-10-14(7-15)31(13)21(32)36-12(2)22(24,25)26/h4-5,8,12-15H,6-7,9-10,27-28H2,1-3H3,(H,29,30). The Morgan fingerprint density at radius 2 is 1.87 bits per heavy atom. The number of nitrogens with zero attached hydrogens (tertiary/aromatic N) is 2. The highest BCUT2D eigenvalue weighted by atomic mass is 32.2. The van der Waals surface area contributed by atoms with Crippen LogP contribution in [0.4, 0.5) is 28.0 Å². The smallest absolute Gasteiger partial charge is 0.425 e. The molecule has 1 aromatic rings. The van der Waals surface area contributed by atoms with Crippen LogP contribution in [0.2, 0.25) is 0 Å². The van der Waals surface area contributed by atoms with Crippen molar-refractivity contribution in [2.24, 2.45) is 16.6 Å². The Morgan fingerprint density at radius 1 is 1.26 bits per heavy atom. The quantitative estimate of drug-likeness (QED) is 0.117. The van der Waals surface area contributed by atoms with Crippen molar-refractivity contribution in [2.75, 3.05) is 19.5 Å². The number of carbonyl (C=O) groups excluding carboxylic acids is 1. The van der Waals surface area contributed by atoms with Gasteiger partial charge in [0.15, 0.2) is 21.8 Å². The summed E-state index contributed by atoms with van der Waals surface area (Å²) in [5.41, 5.74) is 8.41. The number of alkyl halides is 3. The first kappa shape index (κ1) is 29.4. The molecule has 2 aliphatic heterocycles. The van der Waals surface area contributed by atoms with E-state index < -0.39 is 52.2 Å². The van der Waals surface area contributed by atoms with Crippen LogP contribution in [-0.4, -0.2) is 75.2 Å². The van der Waals surface area contributed by atoms with Crippen molar-refractivity contribution in [3.05, 3.63) is 35.5 Å². The number of aliphatic imine (C=N–C) groups is 1. The molecule has 3 unspecified atom stereocenters. The van der Waals surface area contributed by atoms with Crippen LogP contribution >= 0.6 is 0 Å². The number of halogens is 4. The van der Waals surface area contributed by atoms with Crippen LogP contribution in [-0.2, 0) is 24.0 Å². The van der Waals surface area contributed by atoms with Crippen molar-refractivity contribution in [3.63, 3.8) is 0 Å². The molecule has 2 fully saturated rings. The number of amides is 1. The lowest BCUT2D eigenvalue weighted by Crippen LogP contribution is -2.61. The van der Waals surface area contributed by atoms with Crippen LogP contribution in [0.15, 0.2) is 39.5 Å². The van der Waals surface area contributed by atoms with Crippen LogP contribution in [0.1, 0.15) is 26.7 Å². The third-order valence-electron chi connectivity index (χ3n) is 6.16. The normalized spacial score (nSPS) is 23.8. The predicted octanol–water partition coefficient (Wildman–Crippen LogP) is 2.25. The van der Waals surface area contributed by atoms with Gasteiger partial charge in [-0.3, -0.25) is 4.90 Å². The summed E-state index contributed by atoms with van der Waals surface area (Å²) < 4.78 is 92.2. The van der Waals surface area contributed by atoms with E-state index >= 15 is 0 Å². The van der Waals surface area contributed by atoms with Gasteiger partial charge in [-0.15, -0.1) is 0 Å². The maximum atomic E-state index is 14.5. The largest absolute Gasteiger partial charge is 0.476 e. The molecular weight excluding hydrogens is 538 g/mol. The number of benzene rings is 1. The summed E-state index contributed by atoms with van der Waals surface area (Å²) in [6, 6.07) is 1.99. The van der Waals surface area contributed by atoms with Crippen molar-refractivity contribution < 1.29 is 45.0 Å². The number of fused-ring (bicyclic) bond motifs is 2. The highest BCUT2D eigenvalue weighted by Crippen LogP contribution is 2.32. The number of hydrogen-bond donors (Lipinski definition) is 3. The number of hydrazine groups is 1. The molecular formula is C22H29F4N5O6S. The molecule has 1 aromatic carbocycles. The number of piperidine rings is 1. The van der Waals surface area contributed by atoms with E-state index in [1.165, 1.54) is 24.0 Å². The molecule has 0 saturated carbocycles. The number of amidine groups is 1. The highest BCUT2D eigenvalue weighted by molar-refractivity contribution is 7.90. The van der Waals surface area contributed by atoms with E-state index in [1.54, 1.807) is 0 Å². The van der Waals surface area contributed by atoms with Crippen molar-refractivity contribution in [1.29, 1.82) is 0 Å². The molecule has 16 heteroatoms. The monoisotopic (exact) mass is 567 g/mol. The second-order valence-corrected chi connectivity index (χ2v) is 11.0. The van der Waals surface area contributed by atoms with E-state index in [4.69, 9.17) is 21.1 Å². The lowest BCUT2D eigenvalue weighted by molar-refractivity contribution is -0.204. The summed E-state index contributed by atoms with van der Waals surface area (Å²) in [6.45, 7) is 2.42. The van der Waals surface area contributed by atoms with Gasteiger partial charge in [0, 0.05) is 19.1 Å². The van der Waals surface area contributed by atoms with Crippen LogP contribution in [0.5, 0.6) is 0 Å². The average molecular weight is 568 g/mol. The maximum Gasteiger partial charge on any atom is 0.425 e. The molecule has 1 amide bonds. The Labute approximate surface area is 216 Å². The Balaban J connectivity index is 1.74. The summed E-state index contributed by atoms with van der Waals surface area (Å²) in [6.07, 6.45) is -7.22. The summed E-state index contributed by atoms with van der Waals surface area (Å²) >= 11 is 0. The fourth-order valence-electron chi connectivity index (χ4n) is 4.08. The molecule has 11 nitrogen and oxygen atoms in total. The molecule has 5 N–H and O–H groups in total. The van der Waals surface area contributed by atoms with Gasteiger partial charge in [0.05, 0.1) is 35.8 Å². The van der Waals surface area contributed by atoms with Crippen molar-refractivity contribution in [1.82, 2.24) is 10.3 Å². The third kappa shape index (κ3) is 6.85. The van der Waals surface area contributed by atoms with E-state index in [9.17, 15) is 30.8 Å². The maximum absolute atomic E-state index is 14.5. The van der Waals surface area contributed by atoms with Gasteiger partial charge in [-0.25, -0.2) is 28.4 Å². The number of nitrogens with two attached hydrogens (primary N) is 2. The number of morpholine rings is 1. The fraction of sp³-hybridized carbons (Fsp3) is 0.545. The van der Waals surface area contributed by atoms with Gasteiger partial charge >= 0.3 is 12.3 Å². The zero-order valence-corrected chi connectivity index (χ0v) is 21.6. The van der Waals surface area contributed by atoms with Gasteiger partial charge in [0.2, 0.25) is 0 Å². The minimum Gasteiger partial charge on any atom is -0.476 e. The molecule has 3 rings (SSSR count). The first-order valence-electron chi connectivity index (χ1n) is 11.4. The zero-order valence-electron chi connectivity index (χ0n) is 20.8. The number of rotatable bonds is 6. The fourth-order valence-corrected chi connectivity index (χ4v) is 4.71. The first-order chi connectivity index (χ1) is 17.6. The van der Waals surface area contributed by atoms with E-state index in [1.807, 2.05) is 0 Å². The molecule has 38 heavy (non-hydrogen) atoms. The molecule has 2 aliphatic rings.